The fourth-order valence-electron chi connectivity index (χ4n) is 3.00. The van der Waals surface area contributed by atoms with Crippen molar-refractivity contribution in [3.63, 3.8) is 0 Å². The van der Waals surface area contributed by atoms with E-state index in [4.69, 9.17) is 4.84 Å². The highest BCUT2D eigenvalue weighted by atomic mass is 79.9. The predicted octanol–water partition coefficient (Wildman–Crippen LogP) is 4.35. The molecule has 0 unspecified atom stereocenters. The number of carbonyl (C=O) groups excluding carboxylic acids is 1. The molecule has 7 heteroatoms. The Kier molecular flexibility index (Phi) is 3.88. The topological polar surface area (TPSA) is 87.0 Å². The van der Waals surface area contributed by atoms with E-state index < -0.39 is 5.97 Å². The number of oxime groups is 1. The summed E-state index contributed by atoms with van der Waals surface area (Å²) in [6, 6.07) is 11.3. The first-order chi connectivity index (χ1) is 12.5. The summed E-state index contributed by atoms with van der Waals surface area (Å²) >= 11 is 3.50. The van der Waals surface area contributed by atoms with Crippen molar-refractivity contribution >= 4 is 49.9 Å². The van der Waals surface area contributed by atoms with E-state index in [9.17, 15) is 9.90 Å². The molecule has 0 radical (unpaired) electrons. The van der Waals surface area contributed by atoms with Crippen molar-refractivity contribution in [1.82, 2.24) is 4.98 Å². The molecule has 0 fully saturated rings. The lowest BCUT2D eigenvalue weighted by Gasteiger charge is -2.04. The summed E-state index contributed by atoms with van der Waals surface area (Å²) in [5.74, 6) is -0.538. The third-order valence-electron chi connectivity index (χ3n) is 4.18. The number of aliphatic imine (C=N–C) groups is 1. The zero-order valence-corrected chi connectivity index (χ0v) is 15.6. The summed E-state index contributed by atoms with van der Waals surface area (Å²) in [5, 5.41) is 15.3. The van der Waals surface area contributed by atoms with Gasteiger partial charge in [0.2, 0.25) is 0 Å². The predicted molar refractivity (Wildman–Crippen MR) is 103 cm³/mol. The maximum atomic E-state index is 11.2. The zero-order chi connectivity index (χ0) is 18.4. The number of aryl methyl sites for hydroxylation is 1. The van der Waals surface area contributed by atoms with Gasteiger partial charge >= 0.3 is 5.97 Å². The number of H-pyrrole nitrogens is 1. The van der Waals surface area contributed by atoms with Crippen LogP contribution in [0.2, 0.25) is 0 Å². The van der Waals surface area contributed by atoms with Gasteiger partial charge in [-0.25, -0.2) is 9.79 Å². The van der Waals surface area contributed by atoms with Gasteiger partial charge in [0.15, 0.2) is 5.88 Å². The number of halogens is 1. The summed E-state index contributed by atoms with van der Waals surface area (Å²) in [6.07, 6.45) is 0. The standard InChI is InChI=1S/C19H14BrN3O3/c1-9-7-12-15(8-13(9)20)22-19(25)16(12)18-17(23-26-10(2)24)11-5-3-4-6-14(11)21-18/h3-8,22,25H,1-2H3/b23-17+. The third-order valence-corrected chi connectivity index (χ3v) is 5.03. The van der Waals surface area contributed by atoms with Gasteiger partial charge in [-0.3, -0.25) is 0 Å². The van der Waals surface area contributed by atoms with Crippen molar-refractivity contribution in [2.45, 2.75) is 13.8 Å². The van der Waals surface area contributed by atoms with Crippen molar-refractivity contribution < 1.29 is 14.7 Å². The van der Waals surface area contributed by atoms with Crippen molar-refractivity contribution in [2.75, 3.05) is 0 Å². The summed E-state index contributed by atoms with van der Waals surface area (Å²) in [6.45, 7) is 3.25. The lowest BCUT2D eigenvalue weighted by Crippen LogP contribution is -2.14. The molecule has 0 saturated carbocycles. The highest BCUT2D eigenvalue weighted by Crippen LogP contribution is 2.37. The van der Waals surface area contributed by atoms with E-state index in [1.807, 2.05) is 43.3 Å². The Labute approximate surface area is 157 Å². The van der Waals surface area contributed by atoms with Gasteiger partial charge in [-0.2, -0.15) is 0 Å². The maximum Gasteiger partial charge on any atom is 0.332 e. The molecule has 0 spiro atoms. The van der Waals surface area contributed by atoms with Gasteiger partial charge < -0.3 is 14.9 Å². The van der Waals surface area contributed by atoms with Crippen LogP contribution >= 0.6 is 15.9 Å². The van der Waals surface area contributed by atoms with Crippen molar-refractivity contribution in [3.8, 4) is 5.88 Å². The van der Waals surface area contributed by atoms with Gasteiger partial charge in [0.25, 0.3) is 0 Å². The van der Waals surface area contributed by atoms with Crippen molar-refractivity contribution in [1.29, 1.82) is 0 Å². The molecule has 130 valence electrons. The molecule has 0 saturated heterocycles. The molecule has 3 aromatic rings. The molecule has 26 heavy (non-hydrogen) atoms. The molecule has 6 nitrogen and oxygen atoms in total. The second-order valence-electron chi connectivity index (χ2n) is 6.00. The quantitative estimate of drug-likeness (QED) is 0.485. The fraction of sp³-hybridized carbons (Fsp3) is 0.105. The Hall–Kier alpha value is -2.93. The minimum atomic E-state index is -0.524. The van der Waals surface area contributed by atoms with E-state index in [1.165, 1.54) is 6.92 Å². The van der Waals surface area contributed by atoms with Gasteiger partial charge in [0.1, 0.15) is 11.4 Å². The summed E-state index contributed by atoms with van der Waals surface area (Å²) in [7, 11) is 0. The number of hydrogen-bond donors (Lipinski definition) is 2. The van der Waals surface area contributed by atoms with Crippen LogP contribution in [0.25, 0.3) is 10.9 Å². The molecule has 0 aliphatic carbocycles. The third kappa shape index (κ3) is 2.61. The number of hydrogen-bond acceptors (Lipinski definition) is 5. The summed E-state index contributed by atoms with van der Waals surface area (Å²) in [4.78, 5) is 23.7. The number of aromatic amines is 1. The largest absolute Gasteiger partial charge is 0.494 e. The van der Waals surface area contributed by atoms with E-state index in [0.29, 0.717) is 22.7 Å². The number of para-hydroxylation sites is 1. The summed E-state index contributed by atoms with van der Waals surface area (Å²) < 4.78 is 0.934. The summed E-state index contributed by atoms with van der Waals surface area (Å²) in [5.41, 5.74) is 4.62. The molecule has 4 rings (SSSR count). The van der Waals surface area contributed by atoms with Crippen LogP contribution in [-0.4, -0.2) is 27.5 Å². The molecule has 1 aliphatic heterocycles. The minimum Gasteiger partial charge on any atom is -0.494 e. The highest BCUT2D eigenvalue weighted by molar-refractivity contribution is 9.10. The lowest BCUT2D eigenvalue weighted by molar-refractivity contribution is -0.140. The lowest BCUT2D eigenvalue weighted by atomic mass is 10.0. The average molecular weight is 412 g/mol. The molecule has 2 N–H and O–H groups in total. The van der Waals surface area contributed by atoms with E-state index in [1.54, 1.807) is 0 Å². The van der Waals surface area contributed by atoms with Crippen LogP contribution in [0.4, 0.5) is 5.69 Å². The van der Waals surface area contributed by atoms with Gasteiger partial charge in [-0.15, -0.1) is 0 Å². The number of nitrogens with one attached hydrogen (secondary N) is 1. The second-order valence-corrected chi connectivity index (χ2v) is 6.85. The number of rotatable bonds is 2. The monoisotopic (exact) mass is 411 g/mol. The van der Waals surface area contributed by atoms with Crippen molar-refractivity contribution in [2.24, 2.45) is 10.1 Å². The highest BCUT2D eigenvalue weighted by Gasteiger charge is 2.29. The first kappa shape index (κ1) is 16.5. The Balaban J connectivity index is 1.96. The number of nitrogens with zero attached hydrogens (tertiary/aromatic N) is 2. The number of fused-ring (bicyclic) bond motifs is 2. The van der Waals surface area contributed by atoms with Crippen LogP contribution in [0, 0.1) is 6.92 Å². The van der Waals surface area contributed by atoms with Crippen LogP contribution in [0.3, 0.4) is 0 Å². The van der Waals surface area contributed by atoms with E-state index in [2.05, 4.69) is 31.1 Å². The molecular formula is C19H14BrN3O3. The average Bonchev–Trinajstić information content (AvgIpc) is 3.10. The smallest absolute Gasteiger partial charge is 0.332 e. The maximum absolute atomic E-state index is 11.2. The molecule has 2 heterocycles. The Morgan fingerprint density at radius 1 is 1.31 bits per heavy atom. The number of carbonyl (C=O) groups is 1. The van der Waals surface area contributed by atoms with Crippen LogP contribution in [0.15, 0.2) is 51.0 Å². The fourth-order valence-corrected chi connectivity index (χ4v) is 3.34. The molecule has 1 aliphatic rings. The van der Waals surface area contributed by atoms with Crippen LogP contribution in [0.1, 0.15) is 23.6 Å². The van der Waals surface area contributed by atoms with E-state index in [-0.39, 0.29) is 5.88 Å². The van der Waals surface area contributed by atoms with E-state index >= 15 is 0 Å². The molecule has 1 aromatic heterocycles. The van der Waals surface area contributed by atoms with Crippen LogP contribution < -0.4 is 0 Å². The van der Waals surface area contributed by atoms with Gasteiger partial charge in [-0.05, 0) is 30.7 Å². The van der Waals surface area contributed by atoms with Crippen LogP contribution in [0.5, 0.6) is 5.88 Å². The molecule has 0 atom stereocenters. The molecular weight excluding hydrogens is 398 g/mol. The minimum absolute atomic E-state index is 0.0143. The SMILES string of the molecule is CC(=O)O/N=C1/C(c2c(O)[nH]c3cc(Br)c(C)cc23)=Nc2ccccc21. The Morgan fingerprint density at radius 3 is 2.85 bits per heavy atom. The molecule has 0 bridgehead atoms. The molecule has 2 aromatic carbocycles. The number of aromatic hydroxyl groups is 1. The number of aromatic nitrogens is 1. The van der Waals surface area contributed by atoms with Crippen molar-refractivity contribution in [3.05, 3.63) is 57.6 Å². The van der Waals surface area contributed by atoms with Gasteiger partial charge in [0, 0.05) is 22.3 Å². The Bertz CT molecular complexity index is 1130. The first-order valence-electron chi connectivity index (χ1n) is 7.91. The Morgan fingerprint density at radius 2 is 2.08 bits per heavy atom. The van der Waals surface area contributed by atoms with Crippen LogP contribution in [-0.2, 0) is 9.63 Å². The first-order valence-corrected chi connectivity index (χ1v) is 8.70. The van der Waals surface area contributed by atoms with Gasteiger partial charge in [-0.1, -0.05) is 39.3 Å². The molecule has 0 amide bonds. The number of benzene rings is 2. The normalized spacial score (nSPS) is 14.6. The zero-order valence-electron chi connectivity index (χ0n) is 14.0. The van der Waals surface area contributed by atoms with Gasteiger partial charge in [0.05, 0.1) is 16.8 Å². The second kappa shape index (κ2) is 6.10. The van der Waals surface area contributed by atoms with E-state index in [0.717, 1.165) is 26.5 Å².